The minimum atomic E-state index is -0.999. The summed E-state index contributed by atoms with van der Waals surface area (Å²) in [6.45, 7) is 3.28. The van der Waals surface area contributed by atoms with Crippen molar-refractivity contribution >= 4 is 12.0 Å². The Hall–Kier alpha value is -1.34. The summed E-state index contributed by atoms with van der Waals surface area (Å²) in [5.41, 5.74) is 0. The molecule has 0 aromatic heterocycles. The Morgan fingerprint density at radius 2 is 2.05 bits per heavy atom. The van der Waals surface area contributed by atoms with Gasteiger partial charge in [0.05, 0.1) is 19.3 Å². The van der Waals surface area contributed by atoms with Crippen LogP contribution in [0.15, 0.2) is 0 Å². The highest BCUT2D eigenvalue weighted by molar-refractivity contribution is 5.82. The van der Waals surface area contributed by atoms with E-state index in [1.807, 2.05) is 6.92 Å². The Balaban J connectivity index is 2.36. The maximum absolute atomic E-state index is 12.0. The molecule has 1 fully saturated rings. The quantitative estimate of drug-likeness (QED) is 0.630. The molecule has 7 nitrogen and oxygen atoms in total. The summed E-state index contributed by atoms with van der Waals surface area (Å²) in [6.07, 6.45) is 2.61. The smallest absolute Gasteiger partial charge is 0.326 e. The average molecular weight is 288 g/mol. The molecule has 1 aliphatic rings. The molecule has 0 unspecified atom stereocenters. The van der Waals surface area contributed by atoms with Crippen molar-refractivity contribution in [1.82, 2.24) is 10.2 Å². The summed E-state index contributed by atoms with van der Waals surface area (Å²) in [6, 6.07) is -1.15. The SMILES string of the molecule is CCC[C@H](NC(=O)N1CCC(OCCO)CC1)C(=O)O. The van der Waals surface area contributed by atoms with Crippen LogP contribution in [0.2, 0.25) is 0 Å². The summed E-state index contributed by atoms with van der Waals surface area (Å²) in [7, 11) is 0. The predicted octanol–water partition coefficient (Wildman–Crippen LogP) is 0.423. The van der Waals surface area contributed by atoms with Crippen molar-refractivity contribution < 1.29 is 24.5 Å². The predicted molar refractivity (Wildman–Crippen MR) is 72.5 cm³/mol. The topological polar surface area (TPSA) is 99.1 Å². The van der Waals surface area contributed by atoms with E-state index >= 15 is 0 Å². The van der Waals surface area contributed by atoms with Crippen molar-refractivity contribution in [1.29, 1.82) is 0 Å². The van der Waals surface area contributed by atoms with Crippen molar-refractivity contribution in [3.8, 4) is 0 Å². The van der Waals surface area contributed by atoms with Crippen LogP contribution in [0, 0.1) is 0 Å². The van der Waals surface area contributed by atoms with Crippen LogP contribution in [-0.4, -0.2) is 65.6 Å². The maximum Gasteiger partial charge on any atom is 0.326 e. The molecule has 2 amide bonds. The van der Waals surface area contributed by atoms with Crippen LogP contribution in [0.3, 0.4) is 0 Å². The number of aliphatic hydroxyl groups excluding tert-OH is 1. The lowest BCUT2D eigenvalue weighted by Gasteiger charge is -2.32. The van der Waals surface area contributed by atoms with Gasteiger partial charge in [0.1, 0.15) is 6.04 Å². The van der Waals surface area contributed by atoms with E-state index in [0.717, 1.165) is 0 Å². The van der Waals surface area contributed by atoms with Gasteiger partial charge in [0.2, 0.25) is 0 Å². The van der Waals surface area contributed by atoms with Gasteiger partial charge in [0.15, 0.2) is 0 Å². The second-order valence-corrected chi connectivity index (χ2v) is 4.91. The van der Waals surface area contributed by atoms with Gasteiger partial charge < -0.3 is 25.2 Å². The first-order valence-corrected chi connectivity index (χ1v) is 7.09. The Kier molecular flexibility index (Phi) is 7.32. The fraction of sp³-hybridized carbons (Fsp3) is 0.846. The zero-order chi connectivity index (χ0) is 15.0. The van der Waals surface area contributed by atoms with E-state index in [-0.39, 0.29) is 18.7 Å². The minimum absolute atomic E-state index is 0.00197. The number of nitrogens with one attached hydrogen (secondary N) is 1. The minimum Gasteiger partial charge on any atom is -0.480 e. The number of ether oxygens (including phenoxy) is 1. The maximum atomic E-state index is 12.0. The van der Waals surface area contributed by atoms with Gasteiger partial charge in [-0.3, -0.25) is 0 Å². The molecule has 0 aliphatic carbocycles. The number of carboxylic acid groups (broad SMARTS) is 1. The number of urea groups is 1. The van der Waals surface area contributed by atoms with E-state index in [2.05, 4.69) is 5.32 Å². The molecule has 0 aromatic carbocycles. The molecular weight excluding hydrogens is 264 g/mol. The first-order valence-electron chi connectivity index (χ1n) is 7.09. The molecule has 1 atom stereocenters. The highest BCUT2D eigenvalue weighted by Crippen LogP contribution is 2.14. The second kappa shape index (κ2) is 8.76. The number of hydrogen-bond acceptors (Lipinski definition) is 4. The van der Waals surface area contributed by atoms with Crippen molar-refractivity contribution in [2.45, 2.75) is 44.8 Å². The third kappa shape index (κ3) is 5.34. The first-order chi connectivity index (χ1) is 9.58. The van der Waals surface area contributed by atoms with Crippen LogP contribution in [-0.2, 0) is 9.53 Å². The molecular formula is C13H24N2O5. The number of likely N-dealkylation sites (tertiary alicyclic amines) is 1. The third-order valence-corrected chi connectivity index (χ3v) is 3.35. The number of rotatable bonds is 7. The van der Waals surface area contributed by atoms with E-state index in [0.29, 0.717) is 45.4 Å². The zero-order valence-corrected chi connectivity index (χ0v) is 11.9. The number of piperidine rings is 1. The van der Waals surface area contributed by atoms with E-state index in [9.17, 15) is 9.59 Å². The van der Waals surface area contributed by atoms with Crippen LogP contribution in [0.5, 0.6) is 0 Å². The number of nitrogens with zero attached hydrogens (tertiary/aromatic N) is 1. The molecule has 0 spiro atoms. The van der Waals surface area contributed by atoms with Crippen LogP contribution >= 0.6 is 0 Å². The van der Waals surface area contributed by atoms with E-state index in [1.54, 1.807) is 4.90 Å². The lowest BCUT2D eigenvalue weighted by atomic mass is 10.1. The summed E-state index contributed by atoms with van der Waals surface area (Å²) >= 11 is 0. The largest absolute Gasteiger partial charge is 0.480 e. The van der Waals surface area contributed by atoms with Gasteiger partial charge in [-0.1, -0.05) is 13.3 Å². The monoisotopic (exact) mass is 288 g/mol. The van der Waals surface area contributed by atoms with Crippen molar-refractivity contribution in [2.75, 3.05) is 26.3 Å². The Morgan fingerprint density at radius 1 is 1.40 bits per heavy atom. The van der Waals surface area contributed by atoms with E-state index in [4.69, 9.17) is 14.9 Å². The van der Waals surface area contributed by atoms with E-state index in [1.165, 1.54) is 0 Å². The molecule has 0 aromatic rings. The highest BCUT2D eigenvalue weighted by atomic mass is 16.5. The van der Waals surface area contributed by atoms with Gasteiger partial charge in [0, 0.05) is 13.1 Å². The molecule has 0 saturated carbocycles. The summed E-state index contributed by atoms with van der Waals surface area (Å²) in [4.78, 5) is 24.6. The molecule has 1 aliphatic heterocycles. The highest BCUT2D eigenvalue weighted by Gasteiger charge is 2.26. The molecule has 1 saturated heterocycles. The van der Waals surface area contributed by atoms with E-state index < -0.39 is 12.0 Å². The molecule has 1 heterocycles. The Morgan fingerprint density at radius 3 is 2.55 bits per heavy atom. The lowest BCUT2D eigenvalue weighted by Crippen LogP contribution is -2.51. The van der Waals surface area contributed by atoms with Crippen LogP contribution in [0.25, 0.3) is 0 Å². The van der Waals surface area contributed by atoms with Crippen LogP contribution < -0.4 is 5.32 Å². The molecule has 1 rings (SSSR count). The third-order valence-electron chi connectivity index (χ3n) is 3.35. The van der Waals surface area contributed by atoms with Crippen molar-refractivity contribution in [2.24, 2.45) is 0 Å². The van der Waals surface area contributed by atoms with Gasteiger partial charge in [-0.05, 0) is 19.3 Å². The molecule has 0 radical (unpaired) electrons. The lowest BCUT2D eigenvalue weighted by molar-refractivity contribution is -0.139. The van der Waals surface area contributed by atoms with Crippen molar-refractivity contribution in [3.63, 3.8) is 0 Å². The van der Waals surface area contributed by atoms with Crippen molar-refractivity contribution in [3.05, 3.63) is 0 Å². The summed E-state index contributed by atoms with van der Waals surface area (Å²) in [5.74, 6) is -0.999. The fourth-order valence-electron chi connectivity index (χ4n) is 2.23. The van der Waals surface area contributed by atoms with Gasteiger partial charge in [-0.2, -0.15) is 0 Å². The Labute approximate surface area is 118 Å². The number of aliphatic hydroxyl groups is 1. The molecule has 3 N–H and O–H groups in total. The number of carbonyl (C=O) groups excluding carboxylic acids is 1. The molecule has 20 heavy (non-hydrogen) atoms. The van der Waals surface area contributed by atoms with Gasteiger partial charge in [0.25, 0.3) is 0 Å². The normalized spacial score (nSPS) is 17.8. The van der Waals surface area contributed by atoms with Crippen LogP contribution in [0.1, 0.15) is 32.6 Å². The second-order valence-electron chi connectivity index (χ2n) is 4.91. The summed E-state index contributed by atoms with van der Waals surface area (Å²) in [5, 5.41) is 20.2. The number of hydrogen-bond donors (Lipinski definition) is 3. The number of carbonyl (C=O) groups is 2. The van der Waals surface area contributed by atoms with Gasteiger partial charge in [-0.25, -0.2) is 9.59 Å². The fourth-order valence-corrected chi connectivity index (χ4v) is 2.23. The number of amides is 2. The summed E-state index contributed by atoms with van der Waals surface area (Å²) < 4.78 is 5.42. The Bertz CT molecular complexity index is 316. The number of aliphatic carboxylic acids is 1. The molecule has 116 valence electrons. The molecule has 7 heteroatoms. The van der Waals surface area contributed by atoms with Gasteiger partial charge in [-0.15, -0.1) is 0 Å². The average Bonchev–Trinajstić information content (AvgIpc) is 2.45. The first kappa shape index (κ1) is 16.7. The molecule has 0 bridgehead atoms. The zero-order valence-electron chi connectivity index (χ0n) is 11.9. The van der Waals surface area contributed by atoms with Crippen LogP contribution in [0.4, 0.5) is 4.79 Å². The van der Waals surface area contributed by atoms with Gasteiger partial charge >= 0.3 is 12.0 Å². The standard InChI is InChI=1S/C13H24N2O5/c1-2-3-11(12(17)18)14-13(19)15-6-4-10(5-7-15)20-9-8-16/h10-11,16H,2-9H2,1H3,(H,14,19)(H,17,18)/t11-/m0/s1. The number of carboxylic acids is 1.